The van der Waals surface area contributed by atoms with Crippen LogP contribution in [0.5, 0.6) is 0 Å². The molecular weight excluding hydrogens is 184 g/mol. The molecular formula is C14H20O. The van der Waals surface area contributed by atoms with E-state index in [0.29, 0.717) is 0 Å². The molecule has 0 fully saturated rings. The first-order chi connectivity index (χ1) is 7.08. The summed E-state index contributed by atoms with van der Waals surface area (Å²) in [5.41, 5.74) is 3.92. The van der Waals surface area contributed by atoms with Crippen LogP contribution < -0.4 is 0 Å². The third-order valence-electron chi connectivity index (χ3n) is 3.80. The van der Waals surface area contributed by atoms with Gasteiger partial charge in [0.05, 0.1) is 6.10 Å². The second kappa shape index (κ2) is 3.64. The van der Waals surface area contributed by atoms with Crippen LogP contribution in [0.15, 0.2) is 18.2 Å². The monoisotopic (exact) mass is 204 g/mol. The van der Waals surface area contributed by atoms with E-state index in [4.69, 9.17) is 0 Å². The summed E-state index contributed by atoms with van der Waals surface area (Å²) < 4.78 is 0. The number of aryl methyl sites for hydroxylation is 1. The van der Waals surface area contributed by atoms with Crippen LogP contribution in [0.4, 0.5) is 0 Å². The number of hydrogen-bond acceptors (Lipinski definition) is 1. The number of hydrogen-bond donors (Lipinski definition) is 1. The Morgan fingerprint density at radius 2 is 2.20 bits per heavy atom. The largest absolute Gasteiger partial charge is 0.388 e. The Morgan fingerprint density at radius 1 is 1.47 bits per heavy atom. The highest BCUT2D eigenvalue weighted by atomic mass is 16.3. The lowest BCUT2D eigenvalue weighted by Crippen LogP contribution is -2.21. The normalized spacial score (nSPS) is 29.2. The molecule has 1 aromatic carbocycles. The van der Waals surface area contributed by atoms with Gasteiger partial charge in [0.25, 0.3) is 0 Å². The molecule has 2 rings (SSSR count). The first-order valence-corrected chi connectivity index (χ1v) is 5.85. The summed E-state index contributed by atoms with van der Waals surface area (Å²) in [5, 5.41) is 10.4. The SMILES string of the molecule is CCCC1(C)Cc2c(C)cccc2C1O. The molecule has 15 heavy (non-hydrogen) atoms. The highest BCUT2D eigenvalue weighted by molar-refractivity contribution is 5.41. The van der Waals surface area contributed by atoms with Crippen molar-refractivity contribution in [3.63, 3.8) is 0 Å². The summed E-state index contributed by atoms with van der Waals surface area (Å²) >= 11 is 0. The highest BCUT2D eigenvalue weighted by Gasteiger charge is 2.41. The van der Waals surface area contributed by atoms with Crippen molar-refractivity contribution in [1.29, 1.82) is 0 Å². The minimum atomic E-state index is -0.271. The Morgan fingerprint density at radius 3 is 2.80 bits per heavy atom. The number of aliphatic hydroxyl groups excluding tert-OH is 1. The van der Waals surface area contributed by atoms with Crippen LogP contribution in [0, 0.1) is 12.3 Å². The van der Waals surface area contributed by atoms with Crippen molar-refractivity contribution >= 4 is 0 Å². The van der Waals surface area contributed by atoms with Crippen molar-refractivity contribution in [3.05, 3.63) is 34.9 Å². The number of benzene rings is 1. The van der Waals surface area contributed by atoms with Gasteiger partial charge in [0.15, 0.2) is 0 Å². The average molecular weight is 204 g/mol. The fraction of sp³-hybridized carbons (Fsp3) is 0.571. The summed E-state index contributed by atoms with van der Waals surface area (Å²) in [6, 6.07) is 6.27. The Labute approximate surface area is 92.1 Å². The summed E-state index contributed by atoms with van der Waals surface area (Å²) in [7, 11) is 0. The van der Waals surface area contributed by atoms with Crippen LogP contribution in [-0.2, 0) is 6.42 Å². The quantitative estimate of drug-likeness (QED) is 0.783. The summed E-state index contributed by atoms with van der Waals surface area (Å²) in [5.74, 6) is 0. The van der Waals surface area contributed by atoms with Gasteiger partial charge in [-0.2, -0.15) is 0 Å². The van der Waals surface area contributed by atoms with E-state index in [0.717, 1.165) is 24.8 Å². The lowest BCUT2D eigenvalue weighted by Gasteiger charge is -2.27. The molecule has 1 N–H and O–H groups in total. The second-order valence-electron chi connectivity index (χ2n) is 5.13. The zero-order valence-electron chi connectivity index (χ0n) is 9.88. The van der Waals surface area contributed by atoms with Crippen LogP contribution >= 0.6 is 0 Å². The van der Waals surface area contributed by atoms with Crippen LogP contribution in [0.2, 0.25) is 0 Å². The molecule has 0 saturated carbocycles. The molecule has 0 bridgehead atoms. The molecule has 1 aliphatic carbocycles. The standard InChI is InChI=1S/C14H20O/c1-4-8-14(3)9-12-10(2)6-5-7-11(12)13(14)15/h5-7,13,15H,4,8-9H2,1-3H3. The van der Waals surface area contributed by atoms with E-state index < -0.39 is 0 Å². The highest BCUT2D eigenvalue weighted by Crippen LogP contribution is 2.48. The van der Waals surface area contributed by atoms with Crippen LogP contribution in [0.3, 0.4) is 0 Å². The van der Waals surface area contributed by atoms with Crippen LogP contribution in [0.25, 0.3) is 0 Å². The first-order valence-electron chi connectivity index (χ1n) is 5.85. The molecule has 0 amide bonds. The minimum absolute atomic E-state index is 0.0587. The molecule has 0 aromatic heterocycles. The third kappa shape index (κ3) is 1.59. The second-order valence-corrected chi connectivity index (χ2v) is 5.13. The fourth-order valence-electron chi connectivity index (χ4n) is 2.89. The molecule has 2 atom stereocenters. The van der Waals surface area contributed by atoms with Gasteiger partial charge in [-0.05, 0) is 36.5 Å². The molecule has 1 nitrogen and oxygen atoms in total. The summed E-state index contributed by atoms with van der Waals surface area (Å²) in [6.07, 6.45) is 3.00. The van der Waals surface area contributed by atoms with Gasteiger partial charge >= 0.3 is 0 Å². The number of aliphatic hydroxyl groups is 1. The van der Waals surface area contributed by atoms with Crippen LogP contribution in [0.1, 0.15) is 49.5 Å². The molecule has 0 heterocycles. The molecule has 0 spiro atoms. The Balaban J connectivity index is 2.40. The molecule has 0 aliphatic heterocycles. The zero-order chi connectivity index (χ0) is 11.1. The van der Waals surface area contributed by atoms with Crippen molar-refractivity contribution in [3.8, 4) is 0 Å². The van der Waals surface area contributed by atoms with Crippen molar-refractivity contribution in [2.45, 2.75) is 46.1 Å². The first kappa shape index (κ1) is 10.7. The lowest BCUT2D eigenvalue weighted by molar-refractivity contribution is 0.0455. The maximum Gasteiger partial charge on any atom is 0.0849 e. The summed E-state index contributed by atoms with van der Waals surface area (Å²) in [6.45, 7) is 6.54. The number of fused-ring (bicyclic) bond motifs is 1. The van der Waals surface area contributed by atoms with Gasteiger partial charge in [-0.25, -0.2) is 0 Å². The van der Waals surface area contributed by atoms with E-state index in [9.17, 15) is 5.11 Å². The van der Waals surface area contributed by atoms with Gasteiger partial charge in [0.1, 0.15) is 0 Å². The maximum absolute atomic E-state index is 10.4. The topological polar surface area (TPSA) is 20.2 Å². The Kier molecular flexibility index (Phi) is 2.59. The van der Waals surface area contributed by atoms with Crippen LogP contribution in [-0.4, -0.2) is 5.11 Å². The van der Waals surface area contributed by atoms with Gasteiger partial charge in [0, 0.05) is 5.41 Å². The van der Waals surface area contributed by atoms with Gasteiger partial charge in [0.2, 0.25) is 0 Å². The molecule has 1 heteroatoms. The molecule has 1 aromatic rings. The molecule has 1 aliphatic rings. The van der Waals surface area contributed by atoms with Gasteiger partial charge in [-0.1, -0.05) is 38.5 Å². The van der Waals surface area contributed by atoms with E-state index >= 15 is 0 Å². The Bertz CT molecular complexity index is 370. The van der Waals surface area contributed by atoms with Crippen molar-refractivity contribution in [1.82, 2.24) is 0 Å². The minimum Gasteiger partial charge on any atom is -0.388 e. The van der Waals surface area contributed by atoms with Crippen molar-refractivity contribution in [2.24, 2.45) is 5.41 Å². The maximum atomic E-state index is 10.4. The van der Waals surface area contributed by atoms with Crippen molar-refractivity contribution < 1.29 is 5.11 Å². The molecule has 0 saturated heterocycles. The smallest absolute Gasteiger partial charge is 0.0849 e. The van der Waals surface area contributed by atoms with E-state index in [2.05, 4.69) is 39.0 Å². The van der Waals surface area contributed by atoms with Crippen molar-refractivity contribution in [2.75, 3.05) is 0 Å². The van der Waals surface area contributed by atoms with Gasteiger partial charge in [-0.3, -0.25) is 0 Å². The average Bonchev–Trinajstić information content (AvgIpc) is 2.44. The third-order valence-corrected chi connectivity index (χ3v) is 3.80. The number of rotatable bonds is 2. The molecule has 0 radical (unpaired) electrons. The molecule has 2 unspecified atom stereocenters. The fourth-order valence-corrected chi connectivity index (χ4v) is 2.89. The zero-order valence-corrected chi connectivity index (χ0v) is 9.88. The molecule has 82 valence electrons. The summed E-state index contributed by atoms with van der Waals surface area (Å²) in [4.78, 5) is 0. The van der Waals surface area contributed by atoms with Gasteiger partial charge < -0.3 is 5.11 Å². The van der Waals surface area contributed by atoms with E-state index in [-0.39, 0.29) is 11.5 Å². The lowest BCUT2D eigenvalue weighted by atomic mass is 9.80. The predicted octanol–water partition coefficient (Wildman–Crippen LogP) is 3.39. The van der Waals surface area contributed by atoms with Gasteiger partial charge in [-0.15, -0.1) is 0 Å². The predicted molar refractivity (Wildman–Crippen MR) is 62.9 cm³/mol. The Hall–Kier alpha value is -0.820. The van der Waals surface area contributed by atoms with E-state index in [1.807, 2.05) is 0 Å². The van der Waals surface area contributed by atoms with E-state index in [1.165, 1.54) is 11.1 Å². The van der Waals surface area contributed by atoms with E-state index in [1.54, 1.807) is 0 Å².